The molecular weight excluding hydrogens is 241 g/mol. The first-order valence-electron chi connectivity index (χ1n) is 5.59. The van der Waals surface area contributed by atoms with Gasteiger partial charge in [-0.05, 0) is 37.6 Å². The molecule has 2 aromatic rings. The summed E-state index contributed by atoms with van der Waals surface area (Å²) in [4.78, 5) is 0. The van der Waals surface area contributed by atoms with Crippen LogP contribution in [0.1, 0.15) is 19.4 Å². The van der Waals surface area contributed by atoms with Crippen molar-refractivity contribution in [3.05, 3.63) is 35.8 Å². The fourth-order valence-corrected chi connectivity index (χ4v) is 1.94. The van der Waals surface area contributed by atoms with Crippen molar-refractivity contribution < 1.29 is 8.81 Å². The minimum absolute atomic E-state index is 0. The molecular formula is C13H17ClFNO. The van der Waals surface area contributed by atoms with Crippen LogP contribution in [0.25, 0.3) is 11.0 Å². The van der Waals surface area contributed by atoms with E-state index in [-0.39, 0.29) is 18.2 Å². The minimum Gasteiger partial charge on any atom is -0.461 e. The van der Waals surface area contributed by atoms with Gasteiger partial charge in [0.15, 0.2) is 5.82 Å². The number of nitrogens with one attached hydrogen (secondary N) is 1. The highest BCUT2D eigenvalue weighted by molar-refractivity contribution is 5.85. The average Bonchev–Trinajstić information content (AvgIpc) is 2.60. The van der Waals surface area contributed by atoms with Gasteiger partial charge in [-0.15, -0.1) is 12.4 Å². The summed E-state index contributed by atoms with van der Waals surface area (Å²) in [5.74, 6) is -0.290. The van der Waals surface area contributed by atoms with Crippen molar-refractivity contribution in [2.45, 2.75) is 26.3 Å². The summed E-state index contributed by atoms with van der Waals surface area (Å²) in [6.45, 7) is 5.18. The molecule has 1 aromatic heterocycles. The molecule has 1 atom stereocenters. The normalized spacial score (nSPS) is 12.4. The van der Waals surface area contributed by atoms with Crippen LogP contribution in [0, 0.1) is 5.82 Å². The van der Waals surface area contributed by atoms with Crippen LogP contribution in [0.2, 0.25) is 0 Å². The Morgan fingerprint density at radius 2 is 2.18 bits per heavy atom. The highest BCUT2D eigenvalue weighted by Crippen LogP contribution is 2.21. The maximum absolute atomic E-state index is 13.2. The van der Waals surface area contributed by atoms with Crippen LogP contribution in [-0.2, 0) is 6.42 Å². The summed E-state index contributed by atoms with van der Waals surface area (Å²) in [5.41, 5.74) is 1.79. The molecule has 1 N–H and O–H groups in total. The molecule has 0 saturated heterocycles. The maximum atomic E-state index is 13.2. The highest BCUT2D eigenvalue weighted by Gasteiger charge is 2.07. The second-order valence-corrected chi connectivity index (χ2v) is 4.08. The lowest BCUT2D eigenvalue weighted by molar-refractivity contribution is 0.555. The summed E-state index contributed by atoms with van der Waals surface area (Å²) in [5, 5.41) is 3.90. The number of likely N-dealkylation sites (N-methyl/N-ethyl adjacent to an activating group) is 1. The van der Waals surface area contributed by atoms with E-state index in [1.54, 1.807) is 6.07 Å². The number of hydrogen-bond acceptors (Lipinski definition) is 2. The van der Waals surface area contributed by atoms with Crippen molar-refractivity contribution in [1.29, 1.82) is 0 Å². The SMILES string of the molecule is CCNC(C)Cc1ccc2c(F)coc2c1.Cl. The van der Waals surface area contributed by atoms with Gasteiger partial charge in [0.25, 0.3) is 0 Å². The predicted octanol–water partition coefficient (Wildman–Crippen LogP) is 3.53. The van der Waals surface area contributed by atoms with Gasteiger partial charge in [-0.25, -0.2) is 4.39 Å². The molecule has 2 nitrogen and oxygen atoms in total. The predicted molar refractivity (Wildman–Crippen MR) is 70.3 cm³/mol. The Labute approximate surface area is 107 Å². The molecule has 2 rings (SSSR count). The molecule has 1 aromatic carbocycles. The number of fused-ring (bicyclic) bond motifs is 1. The molecule has 0 fully saturated rings. The number of halogens is 2. The maximum Gasteiger partial charge on any atom is 0.169 e. The summed E-state index contributed by atoms with van der Waals surface area (Å²) < 4.78 is 18.3. The number of benzene rings is 1. The fraction of sp³-hybridized carbons (Fsp3) is 0.385. The Morgan fingerprint density at radius 3 is 2.88 bits per heavy atom. The van der Waals surface area contributed by atoms with E-state index >= 15 is 0 Å². The number of rotatable bonds is 4. The Hall–Kier alpha value is -1.06. The van der Waals surface area contributed by atoms with Crippen LogP contribution < -0.4 is 5.32 Å². The van der Waals surface area contributed by atoms with Crippen molar-refractivity contribution in [3.8, 4) is 0 Å². The van der Waals surface area contributed by atoms with Crippen LogP contribution in [0.4, 0.5) is 4.39 Å². The lowest BCUT2D eigenvalue weighted by Crippen LogP contribution is -2.27. The zero-order chi connectivity index (χ0) is 11.5. The topological polar surface area (TPSA) is 25.2 Å². The molecule has 0 aliphatic heterocycles. The van der Waals surface area contributed by atoms with E-state index in [0.717, 1.165) is 24.8 Å². The first-order chi connectivity index (χ1) is 7.70. The minimum atomic E-state index is -0.290. The summed E-state index contributed by atoms with van der Waals surface area (Å²) in [7, 11) is 0. The van der Waals surface area contributed by atoms with Gasteiger partial charge in [0.2, 0.25) is 0 Å². The highest BCUT2D eigenvalue weighted by atomic mass is 35.5. The van der Waals surface area contributed by atoms with Gasteiger partial charge < -0.3 is 9.73 Å². The molecule has 0 bridgehead atoms. The van der Waals surface area contributed by atoms with E-state index < -0.39 is 0 Å². The second kappa shape index (κ2) is 6.03. The van der Waals surface area contributed by atoms with Crippen molar-refractivity contribution in [2.75, 3.05) is 6.54 Å². The van der Waals surface area contributed by atoms with Crippen molar-refractivity contribution in [1.82, 2.24) is 5.32 Å². The third-order valence-electron chi connectivity index (χ3n) is 2.69. The largest absolute Gasteiger partial charge is 0.461 e. The lowest BCUT2D eigenvalue weighted by atomic mass is 10.1. The second-order valence-electron chi connectivity index (χ2n) is 4.08. The van der Waals surface area contributed by atoms with Gasteiger partial charge in [0.1, 0.15) is 11.8 Å². The van der Waals surface area contributed by atoms with E-state index in [0.29, 0.717) is 17.0 Å². The number of furan rings is 1. The molecule has 1 unspecified atom stereocenters. The third kappa shape index (κ3) is 3.20. The molecule has 0 saturated carbocycles. The molecule has 0 radical (unpaired) electrons. The monoisotopic (exact) mass is 257 g/mol. The quantitative estimate of drug-likeness (QED) is 0.906. The van der Waals surface area contributed by atoms with Crippen LogP contribution in [0.3, 0.4) is 0 Å². The van der Waals surface area contributed by atoms with E-state index in [2.05, 4.69) is 19.2 Å². The van der Waals surface area contributed by atoms with Crippen molar-refractivity contribution in [3.63, 3.8) is 0 Å². The average molecular weight is 258 g/mol. The first kappa shape index (κ1) is 14.0. The molecule has 4 heteroatoms. The van der Waals surface area contributed by atoms with E-state index in [1.165, 1.54) is 0 Å². The molecule has 0 aliphatic carbocycles. The van der Waals surface area contributed by atoms with Gasteiger partial charge in [-0.1, -0.05) is 13.0 Å². The van der Waals surface area contributed by atoms with Crippen LogP contribution in [0.5, 0.6) is 0 Å². The molecule has 94 valence electrons. The van der Waals surface area contributed by atoms with Gasteiger partial charge in [-0.2, -0.15) is 0 Å². The zero-order valence-electron chi connectivity index (χ0n) is 10.00. The fourth-order valence-electron chi connectivity index (χ4n) is 1.94. The Morgan fingerprint density at radius 1 is 1.41 bits per heavy atom. The van der Waals surface area contributed by atoms with E-state index in [1.807, 2.05) is 12.1 Å². The smallest absolute Gasteiger partial charge is 0.169 e. The third-order valence-corrected chi connectivity index (χ3v) is 2.69. The van der Waals surface area contributed by atoms with E-state index in [9.17, 15) is 4.39 Å². The molecule has 0 aliphatic rings. The Bertz CT molecular complexity index is 483. The zero-order valence-corrected chi connectivity index (χ0v) is 10.8. The lowest BCUT2D eigenvalue weighted by Gasteiger charge is -2.11. The Kier molecular flexibility index (Phi) is 4.97. The molecule has 1 heterocycles. The van der Waals surface area contributed by atoms with Gasteiger partial charge in [-0.3, -0.25) is 0 Å². The van der Waals surface area contributed by atoms with Crippen LogP contribution in [-0.4, -0.2) is 12.6 Å². The Balaban J connectivity index is 0.00000144. The van der Waals surface area contributed by atoms with Gasteiger partial charge in [0, 0.05) is 6.04 Å². The van der Waals surface area contributed by atoms with E-state index in [4.69, 9.17) is 4.42 Å². The summed E-state index contributed by atoms with van der Waals surface area (Å²) in [6.07, 6.45) is 2.08. The van der Waals surface area contributed by atoms with Crippen LogP contribution in [0.15, 0.2) is 28.9 Å². The van der Waals surface area contributed by atoms with Crippen molar-refractivity contribution in [2.24, 2.45) is 0 Å². The first-order valence-corrected chi connectivity index (χ1v) is 5.59. The van der Waals surface area contributed by atoms with Gasteiger partial charge >= 0.3 is 0 Å². The van der Waals surface area contributed by atoms with Gasteiger partial charge in [0.05, 0.1) is 5.39 Å². The van der Waals surface area contributed by atoms with Crippen LogP contribution >= 0.6 is 12.4 Å². The molecule has 17 heavy (non-hydrogen) atoms. The summed E-state index contributed by atoms with van der Waals surface area (Å²) >= 11 is 0. The van der Waals surface area contributed by atoms with Crippen molar-refractivity contribution >= 4 is 23.4 Å². The molecule has 0 amide bonds. The molecule has 0 spiro atoms. The number of hydrogen-bond donors (Lipinski definition) is 1. The summed E-state index contributed by atoms with van der Waals surface area (Å²) in [6, 6.07) is 6.06. The standard InChI is InChI=1S/C13H16FNO.ClH/c1-3-15-9(2)6-10-4-5-11-12(14)8-16-13(11)7-10;/h4-5,7-9,15H,3,6H2,1-2H3;1H.